The molecule has 0 saturated carbocycles. The van der Waals surface area contributed by atoms with Crippen molar-refractivity contribution < 1.29 is 14.5 Å². The number of aromatic nitrogens is 2. The van der Waals surface area contributed by atoms with E-state index in [1.165, 1.54) is 0 Å². The minimum absolute atomic E-state index is 0.0255. The van der Waals surface area contributed by atoms with Gasteiger partial charge in [0.1, 0.15) is 17.5 Å². The Morgan fingerprint density at radius 3 is 2.79 bits per heavy atom. The third kappa shape index (κ3) is 4.21. The number of carbonyl (C=O) groups excluding carboxylic acids is 1. The number of H-pyrrole nitrogens is 1. The molecule has 4 N–H and O–H groups in total. The first-order valence-electron chi connectivity index (χ1n) is 5.62. The molecule has 106 valence electrons. The maximum absolute atomic E-state index is 11.6. The molecule has 1 atom stereocenters. The predicted molar refractivity (Wildman–Crippen MR) is 66.4 cm³/mol. The number of rotatable bonds is 4. The van der Waals surface area contributed by atoms with Crippen molar-refractivity contribution in [3.63, 3.8) is 0 Å². The molecule has 1 unspecified atom stereocenters. The lowest BCUT2D eigenvalue weighted by Crippen LogP contribution is -2.38. The number of alkyl carbamates (subject to hydrolysis) is 1. The molecule has 0 saturated heterocycles. The van der Waals surface area contributed by atoms with Gasteiger partial charge < -0.3 is 15.8 Å². The summed E-state index contributed by atoms with van der Waals surface area (Å²) in [5, 5.41) is 19.3. The monoisotopic (exact) mass is 271 g/mol. The van der Waals surface area contributed by atoms with Gasteiger partial charge in [0, 0.05) is 6.54 Å². The number of nitrogens with zero attached hydrogens (tertiary/aromatic N) is 2. The van der Waals surface area contributed by atoms with E-state index in [2.05, 4.69) is 15.5 Å². The molecule has 0 radical (unpaired) electrons. The van der Waals surface area contributed by atoms with Crippen LogP contribution in [0.2, 0.25) is 0 Å². The summed E-state index contributed by atoms with van der Waals surface area (Å²) < 4.78 is 5.06. The Balaban J connectivity index is 2.81. The van der Waals surface area contributed by atoms with Gasteiger partial charge in [-0.25, -0.2) is 4.79 Å². The molecule has 0 aliphatic heterocycles. The Bertz CT molecular complexity index is 465. The van der Waals surface area contributed by atoms with Crippen LogP contribution in [0.3, 0.4) is 0 Å². The molecule has 1 rings (SSSR count). The van der Waals surface area contributed by atoms with Gasteiger partial charge in [0.2, 0.25) is 0 Å². The normalized spacial score (nSPS) is 12.8. The molecule has 19 heavy (non-hydrogen) atoms. The lowest BCUT2D eigenvalue weighted by Gasteiger charge is -2.22. The summed E-state index contributed by atoms with van der Waals surface area (Å²) >= 11 is 0. The zero-order valence-corrected chi connectivity index (χ0v) is 11.0. The van der Waals surface area contributed by atoms with E-state index in [1.807, 2.05) is 0 Å². The van der Waals surface area contributed by atoms with Crippen molar-refractivity contribution in [3.05, 3.63) is 22.0 Å². The van der Waals surface area contributed by atoms with Crippen LogP contribution in [0.5, 0.6) is 0 Å². The fraction of sp³-hybridized carbons (Fsp3) is 0.600. The zero-order valence-electron chi connectivity index (χ0n) is 11.0. The van der Waals surface area contributed by atoms with Crippen molar-refractivity contribution in [1.82, 2.24) is 15.5 Å². The summed E-state index contributed by atoms with van der Waals surface area (Å²) in [7, 11) is 0. The average molecular weight is 271 g/mol. The molecule has 9 nitrogen and oxygen atoms in total. The maximum atomic E-state index is 11.6. The van der Waals surface area contributed by atoms with Gasteiger partial charge in [0.25, 0.3) is 0 Å². The molecule has 0 spiro atoms. The van der Waals surface area contributed by atoms with Crippen molar-refractivity contribution >= 4 is 11.8 Å². The Labute approximate surface area is 109 Å². The lowest BCUT2D eigenvalue weighted by atomic mass is 10.2. The summed E-state index contributed by atoms with van der Waals surface area (Å²) in [5.41, 5.74) is 4.75. The van der Waals surface area contributed by atoms with E-state index < -0.39 is 22.7 Å². The van der Waals surface area contributed by atoms with Gasteiger partial charge in [-0.2, -0.15) is 5.10 Å². The quantitative estimate of drug-likeness (QED) is 0.548. The van der Waals surface area contributed by atoms with Gasteiger partial charge >= 0.3 is 11.8 Å². The van der Waals surface area contributed by atoms with Gasteiger partial charge in [-0.1, -0.05) is 0 Å². The Hall–Kier alpha value is -2.16. The number of nitro groups is 1. The lowest BCUT2D eigenvalue weighted by molar-refractivity contribution is -0.385. The third-order valence-corrected chi connectivity index (χ3v) is 2.12. The summed E-state index contributed by atoms with van der Waals surface area (Å²) in [4.78, 5) is 21.8. The molecular formula is C10H17N5O4. The Morgan fingerprint density at radius 2 is 2.32 bits per heavy atom. The molecule has 1 aromatic rings. The smallest absolute Gasteiger partial charge is 0.408 e. The van der Waals surface area contributed by atoms with Crippen molar-refractivity contribution in [1.29, 1.82) is 0 Å². The first-order chi connectivity index (χ1) is 8.74. The SMILES string of the molecule is CC(C)(C)OC(=O)NC(CN)c1[nH]ncc1[N+](=O)[O-]. The van der Waals surface area contributed by atoms with E-state index in [0.717, 1.165) is 6.20 Å². The fourth-order valence-electron chi connectivity index (χ4n) is 1.39. The van der Waals surface area contributed by atoms with Crippen LogP contribution in [-0.4, -0.2) is 33.4 Å². The van der Waals surface area contributed by atoms with Crippen LogP contribution in [0, 0.1) is 10.1 Å². The average Bonchev–Trinajstić information content (AvgIpc) is 2.72. The number of hydrogen-bond donors (Lipinski definition) is 3. The predicted octanol–water partition coefficient (Wildman–Crippen LogP) is 0.842. The van der Waals surface area contributed by atoms with Gasteiger partial charge in [-0.15, -0.1) is 0 Å². The first-order valence-corrected chi connectivity index (χ1v) is 5.62. The van der Waals surface area contributed by atoms with Gasteiger partial charge in [0.15, 0.2) is 0 Å². The fourth-order valence-corrected chi connectivity index (χ4v) is 1.39. The molecule has 1 amide bonds. The topological polar surface area (TPSA) is 136 Å². The van der Waals surface area contributed by atoms with Crippen LogP contribution in [0.15, 0.2) is 6.20 Å². The van der Waals surface area contributed by atoms with Gasteiger partial charge in [0.05, 0.1) is 11.0 Å². The molecule has 1 aromatic heterocycles. The van der Waals surface area contributed by atoms with Crippen LogP contribution in [0.25, 0.3) is 0 Å². The van der Waals surface area contributed by atoms with Crippen LogP contribution >= 0.6 is 0 Å². The minimum atomic E-state index is -0.766. The molecule has 0 fully saturated rings. The molecule has 0 aliphatic carbocycles. The minimum Gasteiger partial charge on any atom is -0.444 e. The second kappa shape index (κ2) is 5.65. The van der Waals surface area contributed by atoms with Crippen LogP contribution < -0.4 is 11.1 Å². The van der Waals surface area contributed by atoms with Crippen molar-refractivity contribution in [2.24, 2.45) is 5.73 Å². The number of nitrogens with one attached hydrogen (secondary N) is 2. The number of hydrogen-bond acceptors (Lipinski definition) is 6. The van der Waals surface area contributed by atoms with E-state index in [0.29, 0.717) is 0 Å². The molecule has 1 heterocycles. The first kappa shape index (κ1) is 14.9. The summed E-state index contributed by atoms with van der Waals surface area (Å²) in [6.07, 6.45) is 0.362. The molecule has 0 bridgehead atoms. The second-order valence-corrected chi connectivity index (χ2v) is 4.86. The highest BCUT2D eigenvalue weighted by Crippen LogP contribution is 2.21. The Morgan fingerprint density at radius 1 is 1.68 bits per heavy atom. The standard InChI is InChI=1S/C10H17N5O4/c1-10(2,3)19-9(16)13-6(4-11)8-7(15(17)18)5-12-14-8/h5-6H,4,11H2,1-3H3,(H,12,14)(H,13,16). The van der Waals surface area contributed by atoms with Crippen LogP contribution in [-0.2, 0) is 4.74 Å². The van der Waals surface area contributed by atoms with E-state index in [1.54, 1.807) is 20.8 Å². The number of aromatic amines is 1. The highest BCUT2D eigenvalue weighted by Gasteiger charge is 2.26. The van der Waals surface area contributed by atoms with Crippen molar-refractivity contribution in [2.75, 3.05) is 6.54 Å². The van der Waals surface area contributed by atoms with Gasteiger partial charge in [-0.05, 0) is 20.8 Å². The molecule has 0 aromatic carbocycles. The van der Waals surface area contributed by atoms with Crippen molar-refractivity contribution in [3.8, 4) is 0 Å². The maximum Gasteiger partial charge on any atom is 0.408 e. The van der Waals surface area contributed by atoms with E-state index in [4.69, 9.17) is 10.5 Å². The highest BCUT2D eigenvalue weighted by atomic mass is 16.6. The Kier molecular flexibility index (Phi) is 4.43. The largest absolute Gasteiger partial charge is 0.444 e. The van der Waals surface area contributed by atoms with E-state index in [9.17, 15) is 14.9 Å². The number of ether oxygens (including phenoxy) is 1. The molecular weight excluding hydrogens is 254 g/mol. The second-order valence-electron chi connectivity index (χ2n) is 4.86. The molecule has 0 aliphatic rings. The zero-order chi connectivity index (χ0) is 14.6. The number of amides is 1. The molecule has 9 heteroatoms. The van der Waals surface area contributed by atoms with E-state index in [-0.39, 0.29) is 17.9 Å². The highest BCUT2D eigenvalue weighted by molar-refractivity contribution is 5.68. The summed E-state index contributed by atoms with van der Waals surface area (Å²) in [5.74, 6) is 0. The summed E-state index contributed by atoms with van der Waals surface area (Å²) in [6.45, 7) is 5.11. The third-order valence-electron chi connectivity index (χ3n) is 2.12. The van der Waals surface area contributed by atoms with E-state index >= 15 is 0 Å². The van der Waals surface area contributed by atoms with Crippen molar-refractivity contribution in [2.45, 2.75) is 32.4 Å². The van der Waals surface area contributed by atoms with Crippen LogP contribution in [0.1, 0.15) is 32.5 Å². The van der Waals surface area contributed by atoms with Gasteiger partial charge in [-0.3, -0.25) is 15.2 Å². The number of nitrogens with two attached hydrogens (primary N) is 1. The van der Waals surface area contributed by atoms with Crippen LogP contribution in [0.4, 0.5) is 10.5 Å². The number of carbonyl (C=O) groups is 1. The summed E-state index contributed by atoms with van der Waals surface area (Å²) in [6, 6.07) is -0.766.